The van der Waals surface area contributed by atoms with Crippen LogP contribution in [0.3, 0.4) is 0 Å². The quantitative estimate of drug-likeness (QED) is 0.808. The number of carbonyl (C=O) groups is 1. The molecule has 0 spiro atoms. The molecule has 0 radical (unpaired) electrons. The van der Waals surface area contributed by atoms with Crippen LogP contribution in [-0.4, -0.2) is 33.2 Å². The summed E-state index contributed by atoms with van der Waals surface area (Å²) in [4.78, 5) is 13.4. The van der Waals surface area contributed by atoms with Crippen LogP contribution in [0.4, 0.5) is 4.79 Å². The molecule has 1 aromatic heterocycles. The Morgan fingerprint density at radius 3 is 2.61 bits per heavy atom. The number of amides is 1. The molecule has 0 fully saturated rings. The van der Waals surface area contributed by atoms with Crippen LogP contribution in [0, 0.1) is 0 Å². The first-order chi connectivity index (χ1) is 10.9. The molecule has 0 bridgehead atoms. The Morgan fingerprint density at radius 2 is 1.91 bits per heavy atom. The molecule has 6 nitrogen and oxygen atoms in total. The van der Waals surface area contributed by atoms with Gasteiger partial charge in [0.15, 0.2) is 0 Å². The number of nitrogens with one attached hydrogen (secondary N) is 3. The fourth-order valence-electron chi connectivity index (χ4n) is 1.98. The molecule has 3 N–H and O–H groups in total. The molecule has 23 heavy (non-hydrogen) atoms. The lowest BCUT2D eigenvalue weighted by Crippen LogP contribution is -2.34. The number of nitrogens with zero attached hydrogens (tertiary/aromatic N) is 1. The molecule has 0 aliphatic carbocycles. The average Bonchev–Trinajstić information content (AvgIpc) is 2.72. The van der Waals surface area contributed by atoms with Crippen molar-refractivity contribution in [1.82, 2.24) is 20.3 Å². The molecular weight excluding hydrogens is 292 g/mol. The molecule has 2 aromatic rings. The zero-order valence-corrected chi connectivity index (χ0v) is 13.8. The van der Waals surface area contributed by atoms with Crippen molar-refractivity contribution in [2.24, 2.45) is 0 Å². The van der Waals surface area contributed by atoms with Crippen LogP contribution in [0.2, 0.25) is 0 Å². The largest absolute Gasteiger partial charge is 0.444 e. The summed E-state index contributed by atoms with van der Waals surface area (Å²) in [7, 11) is 0. The number of aromatic nitrogens is 3. The summed E-state index contributed by atoms with van der Waals surface area (Å²) in [5, 5.41) is 9.12. The van der Waals surface area contributed by atoms with Crippen molar-refractivity contribution >= 4 is 6.09 Å². The minimum atomic E-state index is -0.491. The minimum absolute atomic E-state index is 0.415. The SMILES string of the molecule is CC(C)(C)OC(=O)NCCn1[nH]cccc(-c2ccccc2)[nH]1. The third-order valence-corrected chi connectivity index (χ3v) is 2.93. The van der Waals surface area contributed by atoms with Crippen molar-refractivity contribution in [2.45, 2.75) is 32.9 Å². The average molecular weight is 316 g/mol. The fourth-order valence-corrected chi connectivity index (χ4v) is 1.98. The van der Waals surface area contributed by atoms with E-state index in [0.29, 0.717) is 13.1 Å². The molecule has 1 amide bonds. The predicted octanol–water partition coefficient (Wildman–Crippen LogP) is 3.46. The van der Waals surface area contributed by atoms with Crippen molar-refractivity contribution in [2.75, 3.05) is 6.54 Å². The van der Waals surface area contributed by atoms with Gasteiger partial charge in [-0.05, 0) is 38.5 Å². The normalized spacial score (nSPS) is 10.9. The van der Waals surface area contributed by atoms with Crippen LogP contribution in [0.1, 0.15) is 20.8 Å². The first-order valence-corrected chi connectivity index (χ1v) is 7.63. The number of hydrogen-bond acceptors (Lipinski definition) is 2. The number of hydrogen-bond donors (Lipinski definition) is 3. The van der Waals surface area contributed by atoms with Crippen LogP contribution in [0.5, 0.6) is 0 Å². The lowest BCUT2D eigenvalue weighted by atomic mass is 10.1. The summed E-state index contributed by atoms with van der Waals surface area (Å²) in [6.07, 6.45) is 1.41. The van der Waals surface area contributed by atoms with E-state index in [4.69, 9.17) is 4.74 Å². The Morgan fingerprint density at radius 1 is 1.17 bits per heavy atom. The van der Waals surface area contributed by atoms with Gasteiger partial charge in [0.1, 0.15) is 5.60 Å². The number of H-pyrrole nitrogens is 2. The number of ether oxygens (including phenoxy) is 1. The Bertz CT molecular complexity index is 660. The monoisotopic (exact) mass is 316 g/mol. The molecule has 124 valence electrons. The predicted molar refractivity (Wildman–Crippen MR) is 90.4 cm³/mol. The van der Waals surface area contributed by atoms with E-state index in [2.05, 4.69) is 15.5 Å². The first-order valence-electron chi connectivity index (χ1n) is 7.63. The molecule has 0 unspecified atom stereocenters. The molecule has 6 heteroatoms. The van der Waals surface area contributed by atoms with E-state index in [-0.39, 0.29) is 0 Å². The van der Waals surface area contributed by atoms with Gasteiger partial charge in [-0.3, -0.25) is 10.2 Å². The highest BCUT2D eigenvalue weighted by atomic mass is 16.6. The Kier molecular flexibility index (Phi) is 5.51. The summed E-state index contributed by atoms with van der Waals surface area (Å²) >= 11 is 0. The molecule has 2 rings (SSSR count). The molecule has 1 aromatic carbocycles. The zero-order valence-electron chi connectivity index (χ0n) is 13.8. The lowest BCUT2D eigenvalue weighted by Gasteiger charge is -2.19. The second kappa shape index (κ2) is 7.58. The topological polar surface area (TPSA) is 74.8 Å². The van der Waals surface area contributed by atoms with E-state index in [1.54, 1.807) is 4.80 Å². The number of aromatic amines is 2. The van der Waals surface area contributed by atoms with Crippen LogP contribution in [-0.2, 0) is 11.3 Å². The van der Waals surface area contributed by atoms with Gasteiger partial charge in [-0.2, -0.15) is 0 Å². The molecule has 0 aliphatic rings. The smallest absolute Gasteiger partial charge is 0.407 e. The van der Waals surface area contributed by atoms with Crippen molar-refractivity contribution in [3.63, 3.8) is 0 Å². The molecule has 1 heterocycles. The van der Waals surface area contributed by atoms with E-state index in [1.807, 2.05) is 69.4 Å². The molecule has 0 saturated carbocycles. The third-order valence-electron chi connectivity index (χ3n) is 2.93. The summed E-state index contributed by atoms with van der Waals surface area (Å²) in [5.74, 6) is 0. The third kappa shape index (κ3) is 5.94. The molecule has 0 atom stereocenters. The molecular formula is C17H24N4O2. The van der Waals surface area contributed by atoms with Gasteiger partial charge in [0.05, 0.1) is 12.2 Å². The Balaban J connectivity index is 1.99. The highest BCUT2D eigenvalue weighted by Crippen LogP contribution is 2.13. The Hall–Kier alpha value is -2.63. The fraction of sp³-hybridized carbons (Fsp3) is 0.353. The summed E-state index contributed by atoms with van der Waals surface area (Å²) < 4.78 is 5.21. The van der Waals surface area contributed by atoms with E-state index in [0.717, 1.165) is 11.3 Å². The second-order valence-electron chi connectivity index (χ2n) is 6.13. The van der Waals surface area contributed by atoms with Gasteiger partial charge in [-0.1, -0.05) is 30.3 Å². The number of benzene rings is 1. The van der Waals surface area contributed by atoms with Crippen molar-refractivity contribution in [3.8, 4) is 11.3 Å². The van der Waals surface area contributed by atoms with Gasteiger partial charge >= 0.3 is 6.09 Å². The van der Waals surface area contributed by atoms with Gasteiger partial charge in [-0.25, -0.2) is 9.59 Å². The van der Waals surface area contributed by atoms with E-state index in [1.165, 1.54) is 0 Å². The van der Waals surface area contributed by atoms with Crippen molar-refractivity contribution in [1.29, 1.82) is 0 Å². The maximum atomic E-state index is 11.6. The highest BCUT2D eigenvalue weighted by Gasteiger charge is 2.15. The number of alkyl carbamates (subject to hydrolysis) is 1. The summed E-state index contributed by atoms with van der Waals surface area (Å²) in [6.45, 7) is 6.53. The molecule has 0 saturated heterocycles. The maximum Gasteiger partial charge on any atom is 0.407 e. The summed E-state index contributed by atoms with van der Waals surface area (Å²) in [6, 6.07) is 14.0. The van der Waals surface area contributed by atoms with E-state index >= 15 is 0 Å². The van der Waals surface area contributed by atoms with Gasteiger partial charge < -0.3 is 10.1 Å². The van der Waals surface area contributed by atoms with Gasteiger partial charge in [0.25, 0.3) is 0 Å². The second-order valence-corrected chi connectivity index (χ2v) is 6.13. The maximum absolute atomic E-state index is 11.6. The lowest BCUT2D eigenvalue weighted by molar-refractivity contribution is 0.0525. The van der Waals surface area contributed by atoms with Crippen LogP contribution >= 0.6 is 0 Å². The highest BCUT2D eigenvalue weighted by molar-refractivity contribution is 5.67. The van der Waals surface area contributed by atoms with Gasteiger partial charge in [-0.15, -0.1) is 0 Å². The van der Waals surface area contributed by atoms with Gasteiger partial charge in [0.2, 0.25) is 0 Å². The Labute approximate surface area is 136 Å². The van der Waals surface area contributed by atoms with Crippen LogP contribution in [0.25, 0.3) is 11.3 Å². The van der Waals surface area contributed by atoms with Crippen LogP contribution in [0.15, 0.2) is 48.7 Å². The number of rotatable bonds is 4. The van der Waals surface area contributed by atoms with Crippen molar-refractivity contribution < 1.29 is 9.53 Å². The summed E-state index contributed by atoms with van der Waals surface area (Å²) in [5.41, 5.74) is 1.57. The minimum Gasteiger partial charge on any atom is -0.444 e. The van der Waals surface area contributed by atoms with E-state index in [9.17, 15) is 4.79 Å². The zero-order chi connectivity index (χ0) is 16.7. The van der Waals surface area contributed by atoms with Gasteiger partial charge in [0, 0.05) is 12.7 Å². The first kappa shape index (κ1) is 16.7. The van der Waals surface area contributed by atoms with Crippen LogP contribution < -0.4 is 5.32 Å². The van der Waals surface area contributed by atoms with E-state index < -0.39 is 11.7 Å². The molecule has 0 aliphatic heterocycles. The van der Waals surface area contributed by atoms with Crippen molar-refractivity contribution in [3.05, 3.63) is 48.7 Å². The number of carbonyl (C=O) groups excluding carboxylic acids is 1. The standard InChI is InChI=1S/C17H24N4O2/c1-17(2,3)23-16(22)18-12-13-21-19-11-7-10-15(20-21)14-8-5-4-6-9-14/h4-11,19-20H,12-13H2,1-3H3,(H,18,22).